The van der Waals surface area contributed by atoms with Crippen LogP contribution in [-0.2, 0) is 11.4 Å². The highest BCUT2D eigenvalue weighted by atomic mass is 35.5. The zero-order chi connectivity index (χ0) is 14.4. The van der Waals surface area contributed by atoms with E-state index in [2.05, 4.69) is 0 Å². The zero-order valence-corrected chi connectivity index (χ0v) is 11.5. The lowest BCUT2D eigenvalue weighted by Crippen LogP contribution is -2.05. The summed E-state index contributed by atoms with van der Waals surface area (Å²) in [6, 6.07) is 14.9. The first-order valence-electron chi connectivity index (χ1n) is 6.09. The lowest BCUT2D eigenvalue weighted by molar-refractivity contribution is -0.113. The summed E-state index contributed by atoms with van der Waals surface area (Å²) in [5.41, 5.74) is 6.79. The van der Waals surface area contributed by atoms with Crippen LogP contribution in [0.15, 0.2) is 54.6 Å². The third-order valence-corrected chi connectivity index (χ3v) is 3.06. The fraction of sp³-hybridized carbons (Fsp3) is 0.0625. The Morgan fingerprint density at radius 3 is 2.60 bits per heavy atom. The van der Waals surface area contributed by atoms with E-state index in [-0.39, 0.29) is 0 Å². The second kappa shape index (κ2) is 6.78. The molecule has 3 nitrogen and oxygen atoms in total. The molecule has 2 N–H and O–H groups in total. The molecule has 102 valence electrons. The molecule has 0 heterocycles. The normalized spacial score (nSPS) is 10.7. The van der Waals surface area contributed by atoms with E-state index in [1.54, 1.807) is 6.08 Å². The third-order valence-electron chi connectivity index (χ3n) is 2.69. The topological polar surface area (TPSA) is 52.3 Å². The molecule has 0 spiro atoms. The van der Waals surface area contributed by atoms with Crippen LogP contribution in [0.4, 0.5) is 0 Å². The summed E-state index contributed by atoms with van der Waals surface area (Å²) in [6.45, 7) is 0.362. The summed E-state index contributed by atoms with van der Waals surface area (Å²) < 4.78 is 5.75. The average molecular weight is 288 g/mol. The average Bonchev–Trinajstić information content (AvgIpc) is 2.45. The van der Waals surface area contributed by atoms with Gasteiger partial charge >= 0.3 is 0 Å². The number of para-hydroxylation sites is 1. The molecule has 2 aromatic rings. The van der Waals surface area contributed by atoms with Crippen LogP contribution in [-0.4, -0.2) is 5.91 Å². The number of benzene rings is 2. The molecule has 0 radical (unpaired) electrons. The van der Waals surface area contributed by atoms with Crippen molar-refractivity contribution in [2.45, 2.75) is 6.61 Å². The lowest BCUT2D eigenvalue weighted by Gasteiger charge is -2.10. The maximum Gasteiger partial charge on any atom is 0.241 e. The molecule has 0 saturated carbocycles. The van der Waals surface area contributed by atoms with Gasteiger partial charge in [-0.25, -0.2) is 0 Å². The number of hydrogen-bond donors (Lipinski definition) is 1. The molecule has 0 atom stereocenters. The van der Waals surface area contributed by atoms with Crippen molar-refractivity contribution < 1.29 is 9.53 Å². The van der Waals surface area contributed by atoms with Gasteiger partial charge in [-0.2, -0.15) is 0 Å². The molecule has 2 aromatic carbocycles. The van der Waals surface area contributed by atoms with Gasteiger partial charge in [-0.05, 0) is 18.2 Å². The summed E-state index contributed by atoms with van der Waals surface area (Å²) in [6.07, 6.45) is 2.93. The molecule has 1 amide bonds. The summed E-state index contributed by atoms with van der Waals surface area (Å²) in [5.74, 6) is 0.177. The summed E-state index contributed by atoms with van der Waals surface area (Å²) in [5, 5.41) is 0.664. The smallest absolute Gasteiger partial charge is 0.241 e. The van der Waals surface area contributed by atoms with Gasteiger partial charge in [-0.1, -0.05) is 48.0 Å². The first kappa shape index (κ1) is 14.2. The summed E-state index contributed by atoms with van der Waals surface area (Å²) in [4.78, 5) is 10.8. The Kier molecular flexibility index (Phi) is 4.80. The van der Waals surface area contributed by atoms with E-state index < -0.39 is 5.91 Å². The monoisotopic (exact) mass is 287 g/mol. The Morgan fingerprint density at radius 1 is 1.15 bits per heavy atom. The van der Waals surface area contributed by atoms with Crippen LogP contribution in [0.2, 0.25) is 5.02 Å². The Bertz CT molecular complexity index is 638. The Hall–Kier alpha value is -2.26. The lowest BCUT2D eigenvalue weighted by atomic mass is 10.2. The molecule has 0 unspecified atom stereocenters. The number of primary amides is 1. The van der Waals surface area contributed by atoms with Gasteiger partial charge < -0.3 is 10.5 Å². The van der Waals surface area contributed by atoms with E-state index >= 15 is 0 Å². The van der Waals surface area contributed by atoms with Gasteiger partial charge in [0.1, 0.15) is 12.4 Å². The molecule has 0 fully saturated rings. The molecule has 0 saturated heterocycles. The Balaban J connectivity index is 2.14. The highest BCUT2D eigenvalue weighted by Gasteiger charge is 2.03. The van der Waals surface area contributed by atoms with Crippen molar-refractivity contribution in [2.75, 3.05) is 0 Å². The van der Waals surface area contributed by atoms with Gasteiger partial charge in [0.2, 0.25) is 5.91 Å². The van der Waals surface area contributed by atoms with Crippen LogP contribution in [0, 0.1) is 0 Å². The van der Waals surface area contributed by atoms with Crippen LogP contribution in [0.3, 0.4) is 0 Å². The van der Waals surface area contributed by atoms with Crippen molar-refractivity contribution in [1.29, 1.82) is 0 Å². The van der Waals surface area contributed by atoms with Crippen molar-refractivity contribution >= 4 is 23.6 Å². The minimum atomic E-state index is -0.495. The van der Waals surface area contributed by atoms with Crippen LogP contribution in [0.25, 0.3) is 6.08 Å². The zero-order valence-electron chi connectivity index (χ0n) is 10.8. The summed E-state index contributed by atoms with van der Waals surface area (Å²) in [7, 11) is 0. The standard InChI is InChI=1S/C16H14ClNO2/c17-14-7-3-1-6-13(14)11-20-15-8-4-2-5-12(15)9-10-16(18)19/h1-10H,11H2,(H2,18,19). The number of carbonyl (C=O) groups excluding carboxylic acids is 1. The molecular formula is C16H14ClNO2. The van der Waals surface area contributed by atoms with E-state index in [1.165, 1.54) is 6.08 Å². The fourth-order valence-corrected chi connectivity index (χ4v) is 1.88. The van der Waals surface area contributed by atoms with Crippen molar-refractivity contribution in [1.82, 2.24) is 0 Å². The number of rotatable bonds is 5. The number of amides is 1. The second-order valence-electron chi connectivity index (χ2n) is 4.15. The predicted molar refractivity (Wildman–Crippen MR) is 80.5 cm³/mol. The van der Waals surface area contributed by atoms with E-state index in [4.69, 9.17) is 22.1 Å². The highest BCUT2D eigenvalue weighted by molar-refractivity contribution is 6.31. The number of ether oxygens (including phenoxy) is 1. The van der Waals surface area contributed by atoms with Crippen LogP contribution >= 0.6 is 11.6 Å². The van der Waals surface area contributed by atoms with E-state index in [1.807, 2.05) is 48.5 Å². The van der Waals surface area contributed by atoms with Crippen LogP contribution in [0.5, 0.6) is 5.75 Å². The van der Waals surface area contributed by atoms with Crippen LogP contribution in [0.1, 0.15) is 11.1 Å². The van der Waals surface area contributed by atoms with Gasteiger partial charge in [0.15, 0.2) is 0 Å². The molecule has 20 heavy (non-hydrogen) atoms. The first-order chi connectivity index (χ1) is 9.66. The Labute approximate surface area is 122 Å². The third kappa shape index (κ3) is 3.87. The molecule has 2 rings (SSSR count). The number of carbonyl (C=O) groups is 1. The molecule has 0 aliphatic heterocycles. The maximum atomic E-state index is 10.8. The first-order valence-corrected chi connectivity index (χ1v) is 6.47. The number of halogens is 1. The van der Waals surface area contributed by atoms with Gasteiger partial charge in [0.05, 0.1) is 0 Å². The van der Waals surface area contributed by atoms with Crippen molar-refractivity contribution in [2.24, 2.45) is 5.73 Å². The van der Waals surface area contributed by atoms with Gasteiger partial charge in [-0.15, -0.1) is 0 Å². The van der Waals surface area contributed by atoms with Crippen molar-refractivity contribution in [3.05, 3.63) is 70.8 Å². The predicted octanol–water partition coefficient (Wildman–Crippen LogP) is 3.42. The van der Waals surface area contributed by atoms with Gasteiger partial charge in [-0.3, -0.25) is 4.79 Å². The molecule has 0 aliphatic rings. The van der Waals surface area contributed by atoms with Crippen LogP contribution < -0.4 is 10.5 Å². The number of hydrogen-bond acceptors (Lipinski definition) is 2. The van der Waals surface area contributed by atoms with E-state index in [0.717, 1.165) is 11.1 Å². The minimum absolute atomic E-state index is 0.362. The molecule has 0 aliphatic carbocycles. The van der Waals surface area contributed by atoms with Crippen molar-refractivity contribution in [3.63, 3.8) is 0 Å². The fourth-order valence-electron chi connectivity index (χ4n) is 1.69. The SMILES string of the molecule is NC(=O)C=Cc1ccccc1OCc1ccccc1Cl. The second-order valence-corrected chi connectivity index (χ2v) is 4.56. The molecule has 0 aromatic heterocycles. The van der Waals surface area contributed by atoms with Crippen molar-refractivity contribution in [3.8, 4) is 5.75 Å². The number of nitrogens with two attached hydrogens (primary N) is 1. The minimum Gasteiger partial charge on any atom is -0.488 e. The van der Waals surface area contributed by atoms with Gasteiger partial charge in [0.25, 0.3) is 0 Å². The quantitative estimate of drug-likeness (QED) is 0.857. The Morgan fingerprint density at radius 2 is 1.85 bits per heavy atom. The highest BCUT2D eigenvalue weighted by Crippen LogP contribution is 2.22. The maximum absolute atomic E-state index is 10.8. The molecular weight excluding hydrogens is 274 g/mol. The molecule has 0 bridgehead atoms. The summed E-state index contributed by atoms with van der Waals surface area (Å²) >= 11 is 6.08. The van der Waals surface area contributed by atoms with E-state index in [9.17, 15) is 4.79 Å². The van der Waals surface area contributed by atoms with Gasteiger partial charge in [0, 0.05) is 22.2 Å². The molecule has 4 heteroatoms. The van der Waals surface area contributed by atoms with E-state index in [0.29, 0.717) is 17.4 Å². The largest absolute Gasteiger partial charge is 0.488 e.